The van der Waals surface area contributed by atoms with Crippen molar-refractivity contribution in [2.24, 2.45) is 4.99 Å². The molecule has 3 nitrogen and oxygen atoms in total. The van der Waals surface area contributed by atoms with Crippen LogP contribution >= 0.6 is 0 Å². The van der Waals surface area contributed by atoms with Gasteiger partial charge in [-0.15, -0.1) is 0 Å². The van der Waals surface area contributed by atoms with Gasteiger partial charge in [0, 0.05) is 11.6 Å². The van der Waals surface area contributed by atoms with E-state index in [1.54, 1.807) is 12.1 Å². The molecule has 0 fully saturated rings. The number of nitrogens with zero attached hydrogens (tertiary/aromatic N) is 1. The third kappa shape index (κ3) is 1.68. The molecule has 0 aromatic heterocycles. The van der Waals surface area contributed by atoms with Crippen LogP contribution in [0.15, 0.2) is 35.2 Å². The molecule has 3 heteroatoms. The second-order valence-corrected chi connectivity index (χ2v) is 3.20. The Bertz CT molecular complexity index is 543. The van der Waals surface area contributed by atoms with Gasteiger partial charge in [-0.2, -0.15) is 0 Å². The molecule has 0 amide bonds. The van der Waals surface area contributed by atoms with Gasteiger partial charge in [-0.1, -0.05) is 18.7 Å². The van der Waals surface area contributed by atoms with E-state index in [9.17, 15) is 4.79 Å². The van der Waals surface area contributed by atoms with E-state index in [-0.39, 0.29) is 5.78 Å². The standard InChI is InChI=1S/C12H11NO2/c1-3-15-11-7-10(14)9-6-4-5-8(2)12(9)13-11/h4-7H,2-3H2,1H3. The van der Waals surface area contributed by atoms with Gasteiger partial charge in [0.15, 0.2) is 5.78 Å². The minimum absolute atomic E-state index is 0.0750. The summed E-state index contributed by atoms with van der Waals surface area (Å²) in [4.78, 5) is 15.9. The number of hydrogen-bond donors (Lipinski definition) is 0. The van der Waals surface area contributed by atoms with Gasteiger partial charge in [0.2, 0.25) is 5.88 Å². The van der Waals surface area contributed by atoms with Crippen LogP contribution in [0.2, 0.25) is 0 Å². The van der Waals surface area contributed by atoms with E-state index in [4.69, 9.17) is 4.74 Å². The van der Waals surface area contributed by atoms with E-state index in [0.717, 1.165) is 5.22 Å². The van der Waals surface area contributed by atoms with E-state index in [1.165, 1.54) is 6.08 Å². The van der Waals surface area contributed by atoms with Gasteiger partial charge in [0.05, 0.1) is 12.0 Å². The van der Waals surface area contributed by atoms with Gasteiger partial charge in [0.25, 0.3) is 0 Å². The molecule has 1 aliphatic heterocycles. The van der Waals surface area contributed by atoms with Crippen molar-refractivity contribution in [3.8, 4) is 0 Å². The SMILES string of the molecule is C=c1cccc2c1=NC(OCC)=CC2=O. The molecule has 76 valence electrons. The number of benzene rings is 1. The summed E-state index contributed by atoms with van der Waals surface area (Å²) in [5.74, 6) is 0.292. The lowest BCUT2D eigenvalue weighted by molar-refractivity contribution is 0.103. The van der Waals surface area contributed by atoms with Crippen LogP contribution in [0.3, 0.4) is 0 Å². The molecule has 1 aromatic rings. The summed E-state index contributed by atoms with van der Waals surface area (Å²) in [6.07, 6.45) is 1.41. The number of carbonyl (C=O) groups is 1. The second-order valence-electron chi connectivity index (χ2n) is 3.20. The van der Waals surface area contributed by atoms with Crippen LogP contribution in [-0.2, 0) is 4.74 Å². The smallest absolute Gasteiger partial charge is 0.217 e. The number of fused-ring (bicyclic) bond motifs is 1. The fraction of sp³-hybridized carbons (Fsp3) is 0.167. The Morgan fingerprint density at radius 3 is 3.00 bits per heavy atom. The maximum absolute atomic E-state index is 11.7. The fourth-order valence-electron chi connectivity index (χ4n) is 1.48. The minimum atomic E-state index is -0.0750. The predicted octanol–water partition coefficient (Wildman–Crippen LogP) is 0.791. The number of hydrogen-bond acceptors (Lipinski definition) is 3. The third-order valence-corrected chi connectivity index (χ3v) is 2.15. The van der Waals surface area contributed by atoms with Gasteiger partial charge < -0.3 is 4.74 Å². The predicted molar refractivity (Wildman–Crippen MR) is 56.8 cm³/mol. The molecule has 2 rings (SSSR count). The van der Waals surface area contributed by atoms with Crippen molar-refractivity contribution < 1.29 is 9.53 Å². The molecule has 0 atom stereocenters. The first-order chi connectivity index (χ1) is 7.22. The summed E-state index contributed by atoms with van der Waals surface area (Å²) in [6.45, 7) is 6.19. The summed E-state index contributed by atoms with van der Waals surface area (Å²) in [6, 6.07) is 5.37. The van der Waals surface area contributed by atoms with Crippen LogP contribution < -0.4 is 10.6 Å². The average molecular weight is 201 g/mol. The highest BCUT2D eigenvalue weighted by atomic mass is 16.5. The van der Waals surface area contributed by atoms with E-state index < -0.39 is 0 Å². The molecule has 0 spiro atoms. The number of rotatable bonds is 2. The van der Waals surface area contributed by atoms with Gasteiger partial charge in [-0.25, -0.2) is 4.99 Å². The average Bonchev–Trinajstić information content (AvgIpc) is 2.20. The molecule has 0 N–H and O–H groups in total. The molecule has 15 heavy (non-hydrogen) atoms. The highest BCUT2D eigenvalue weighted by Gasteiger charge is 2.13. The Morgan fingerprint density at radius 1 is 1.47 bits per heavy atom. The summed E-state index contributed by atoms with van der Waals surface area (Å²) in [5, 5.41) is 1.36. The molecule has 0 radical (unpaired) electrons. The van der Waals surface area contributed by atoms with E-state index >= 15 is 0 Å². The van der Waals surface area contributed by atoms with Crippen molar-refractivity contribution in [3.05, 3.63) is 46.3 Å². The van der Waals surface area contributed by atoms with Crippen molar-refractivity contribution in [1.29, 1.82) is 0 Å². The molecule has 1 heterocycles. The van der Waals surface area contributed by atoms with E-state index in [0.29, 0.717) is 23.4 Å². The minimum Gasteiger partial charge on any atom is -0.478 e. The normalized spacial score (nSPS) is 13.9. The Hall–Kier alpha value is -1.90. The number of carbonyl (C=O) groups excluding carboxylic acids is 1. The van der Waals surface area contributed by atoms with Crippen molar-refractivity contribution in [2.45, 2.75) is 6.92 Å². The summed E-state index contributed by atoms with van der Waals surface area (Å²) in [7, 11) is 0. The van der Waals surface area contributed by atoms with Crippen LogP contribution in [-0.4, -0.2) is 12.4 Å². The molecular weight excluding hydrogens is 190 g/mol. The highest BCUT2D eigenvalue weighted by molar-refractivity contribution is 6.05. The first-order valence-electron chi connectivity index (χ1n) is 4.78. The zero-order valence-electron chi connectivity index (χ0n) is 8.49. The Labute approximate surface area is 87.4 Å². The molecule has 0 saturated heterocycles. The largest absolute Gasteiger partial charge is 0.478 e. The number of ketones is 1. The fourth-order valence-corrected chi connectivity index (χ4v) is 1.48. The van der Waals surface area contributed by atoms with E-state index in [1.807, 2.05) is 13.0 Å². The lowest BCUT2D eigenvalue weighted by Gasteiger charge is -2.08. The van der Waals surface area contributed by atoms with Crippen LogP contribution in [0, 0.1) is 0 Å². The second kappa shape index (κ2) is 3.69. The maximum Gasteiger partial charge on any atom is 0.217 e. The van der Waals surface area contributed by atoms with Crippen LogP contribution in [0.1, 0.15) is 17.3 Å². The van der Waals surface area contributed by atoms with Crippen LogP contribution in [0.4, 0.5) is 0 Å². The third-order valence-electron chi connectivity index (χ3n) is 2.15. The number of para-hydroxylation sites is 1. The molecule has 0 unspecified atom stereocenters. The first kappa shape index (κ1) is 9.65. The van der Waals surface area contributed by atoms with Crippen molar-refractivity contribution in [3.63, 3.8) is 0 Å². The van der Waals surface area contributed by atoms with Gasteiger partial charge in [0.1, 0.15) is 0 Å². The van der Waals surface area contributed by atoms with E-state index in [2.05, 4.69) is 11.6 Å². The lowest BCUT2D eigenvalue weighted by Crippen LogP contribution is -2.32. The Morgan fingerprint density at radius 2 is 2.27 bits per heavy atom. The zero-order valence-corrected chi connectivity index (χ0v) is 8.49. The first-order valence-corrected chi connectivity index (χ1v) is 4.78. The van der Waals surface area contributed by atoms with Crippen LogP contribution in [0.25, 0.3) is 6.58 Å². The molecular formula is C12H11NO2. The molecule has 1 aliphatic rings. The maximum atomic E-state index is 11.7. The van der Waals surface area contributed by atoms with Crippen molar-refractivity contribution >= 4 is 12.4 Å². The zero-order chi connectivity index (χ0) is 10.8. The Kier molecular flexibility index (Phi) is 2.37. The topological polar surface area (TPSA) is 38.7 Å². The van der Waals surface area contributed by atoms with Gasteiger partial charge >= 0.3 is 0 Å². The molecule has 0 saturated carbocycles. The molecule has 0 bridgehead atoms. The van der Waals surface area contributed by atoms with Crippen molar-refractivity contribution in [1.82, 2.24) is 0 Å². The molecule has 1 aromatic carbocycles. The van der Waals surface area contributed by atoms with Crippen LogP contribution in [0.5, 0.6) is 0 Å². The van der Waals surface area contributed by atoms with Gasteiger partial charge in [-0.05, 0) is 18.2 Å². The quantitative estimate of drug-likeness (QED) is 0.709. The summed E-state index contributed by atoms with van der Waals surface area (Å²) < 4.78 is 5.21. The number of ether oxygens (including phenoxy) is 1. The summed E-state index contributed by atoms with van der Waals surface area (Å²) in [5.41, 5.74) is 0.589. The van der Waals surface area contributed by atoms with Gasteiger partial charge in [-0.3, -0.25) is 4.79 Å². The van der Waals surface area contributed by atoms with Crippen molar-refractivity contribution in [2.75, 3.05) is 6.61 Å². The highest BCUT2D eigenvalue weighted by Crippen LogP contribution is 2.06. The lowest BCUT2D eigenvalue weighted by atomic mass is 10.1. The summed E-state index contributed by atoms with van der Waals surface area (Å²) >= 11 is 0. The molecule has 0 aliphatic carbocycles. The Balaban J connectivity index is 2.65. The monoisotopic (exact) mass is 201 g/mol. The number of allylic oxidation sites excluding steroid dienone is 1.